The van der Waals surface area contributed by atoms with Crippen LogP contribution in [0.25, 0.3) is 11.8 Å². The summed E-state index contributed by atoms with van der Waals surface area (Å²) in [6.45, 7) is 1.71. The average molecular weight is 691 g/mol. The minimum atomic E-state index is -0.888. The van der Waals surface area contributed by atoms with Crippen LogP contribution in [0, 0.1) is 11.3 Å². The number of hydrogen-bond acceptors (Lipinski definition) is 10. The van der Waals surface area contributed by atoms with Crippen molar-refractivity contribution >= 4 is 45.0 Å². The molecule has 0 aliphatic carbocycles. The van der Waals surface area contributed by atoms with Crippen LogP contribution < -0.4 is 33.8 Å². The number of hydrogen-bond donors (Lipinski definition) is 0. The molecule has 0 spiro atoms. The molecule has 1 aliphatic rings. The fourth-order valence-corrected chi connectivity index (χ4v) is 6.57. The van der Waals surface area contributed by atoms with Crippen molar-refractivity contribution in [2.45, 2.75) is 13.0 Å². The van der Waals surface area contributed by atoms with Crippen LogP contribution in [-0.4, -0.2) is 45.1 Å². The minimum Gasteiger partial charge on any atom is -0.493 e. The lowest BCUT2D eigenvalue weighted by Gasteiger charge is -2.26. The zero-order valence-corrected chi connectivity index (χ0v) is 27.2. The van der Waals surface area contributed by atoms with E-state index in [1.54, 1.807) is 43.3 Å². The second-order valence-electron chi connectivity index (χ2n) is 9.53. The van der Waals surface area contributed by atoms with Crippen molar-refractivity contribution in [1.82, 2.24) is 4.57 Å². The van der Waals surface area contributed by atoms with Crippen LogP contribution in [-0.2, 0) is 9.53 Å². The highest BCUT2D eigenvalue weighted by Crippen LogP contribution is 2.39. The van der Waals surface area contributed by atoms with Crippen molar-refractivity contribution < 1.29 is 28.5 Å². The number of thiazole rings is 1. The second kappa shape index (κ2) is 13.8. The fraction of sp³-hybridized carbons (Fsp3) is 0.212. The first-order chi connectivity index (χ1) is 21.8. The van der Waals surface area contributed by atoms with E-state index in [0.29, 0.717) is 59.2 Å². The van der Waals surface area contributed by atoms with Gasteiger partial charge in [0, 0.05) is 5.56 Å². The lowest BCUT2D eigenvalue weighted by molar-refractivity contribution is -0.138. The van der Waals surface area contributed by atoms with Crippen LogP contribution in [0.2, 0.25) is 0 Å². The van der Waals surface area contributed by atoms with Gasteiger partial charge in [-0.3, -0.25) is 9.36 Å². The number of fused-ring (bicyclic) bond motifs is 1. The van der Waals surface area contributed by atoms with Crippen LogP contribution in [0.1, 0.15) is 29.7 Å². The van der Waals surface area contributed by atoms with Crippen molar-refractivity contribution in [2.75, 3.05) is 34.5 Å². The normalized spacial score (nSPS) is 14.2. The summed E-state index contributed by atoms with van der Waals surface area (Å²) in [4.78, 5) is 33.2. The lowest BCUT2D eigenvalue weighted by atomic mass is 9.93. The third-order valence-corrected chi connectivity index (χ3v) is 8.50. The largest absolute Gasteiger partial charge is 0.493 e. The van der Waals surface area contributed by atoms with E-state index in [1.165, 1.54) is 37.2 Å². The Kier molecular flexibility index (Phi) is 9.71. The van der Waals surface area contributed by atoms with E-state index in [0.717, 1.165) is 0 Å². The van der Waals surface area contributed by atoms with Gasteiger partial charge in [-0.1, -0.05) is 47.7 Å². The molecule has 0 fully saturated rings. The van der Waals surface area contributed by atoms with Crippen molar-refractivity contribution in [2.24, 2.45) is 4.99 Å². The van der Waals surface area contributed by atoms with Crippen LogP contribution in [0.3, 0.4) is 0 Å². The molecule has 0 bridgehead atoms. The second-order valence-corrected chi connectivity index (χ2v) is 11.4. The van der Waals surface area contributed by atoms with Gasteiger partial charge in [-0.2, -0.15) is 5.26 Å². The monoisotopic (exact) mass is 689 g/mol. The van der Waals surface area contributed by atoms with Crippen molar-refractivity contribution in [1.29, 1.82) is 5.26 Å². The standard InChI is InChI=1S/C33H28BrN3O7S/c1-5-43-32(39)27-28(20-9-7-6-8-10-20)36-33-37(29(27)21-11-12-23(40-2)24(18-21)41-3)31(38)26(45-33)17-19-15-22(34)30(44-14-13-35)25(16-19)42-4/h6-12,15-18,29H,5,14H2,1-4H3/b26-17-/t29-/m1/s1. The molecule has 1 aliphatic heterocycles. The van der Waals surface area contributed by atoms with Crippen LogP contribution in [0.5, 0.6) is 23.0 Å². The van der Waals surface area contributed by atoms with Gasteiger partial charge in [-0.05, 0) is 64.3 Å². The van der Waals surface area contributed by atoms with Crippen LogP contribution in [0.4, 0.5) is 0 Å². The number of carbonyl (C=O) groups excluding carboxylic acids is 1. The molecule has 3 aromatic carbocycles. The van der Waals surface area contributed by atoms with Gasteiger partial charge in [0.05, 0.1) is 54.3 Å². The summed E-state index contributed by atoms with van der Waals surface area (Å²) in [6.07, 6.45) is 1.72. The zero-order valence-electron chi connectivity index (χ0n) is 24.8. The molecule has 0 saturated carbocycles. The minimum absolute atomic E-state index is 0.137. The van der Waals surface area contributed by atoms with Crippen LogP contribution >= 0.6 is 27.3 Å². The van der Waals surface area contributed by atoms with Gasteiger partial charge >= 0.3 is 5.97 Å². The van der Waals surface area contributed by atoms with Crippen molar-refractivity contribution in [3.63, 3.8) is 0 Å². The number of halogens is 1. The Morgan fingerprint density at radius 1 is 1.04 bits per heavy atom. The zero-order chi connectivity index (χ0) is 32.1. The first-order valence-electron chi connectivity index (χ1n) is 13.7. The molecule has 230 valence electrons. The molecule has 0 amide bonds. The van der Waals surface area contributed by atoms with Crippen LogP contribution in [0.15, 0.2) is 80.5 Å². The molecule has 1 atom stereocenters. The highest BCUT2D eigenvalue weighted by atomic mass is 79.9. The molecule has 4 aromatic rings. The smallest absolute Gasteiger partial charge is 0.338 e. The molecule has 0 radical (unpaired) electrons. The maximum atomic E-state index is 14.2. The van der Waals surface area contributed by atoms with E-state index in [9.17, 15) is 9.59 Å². The molecule has 10 nitrogen and oxygen atoms in total. The third kappa shape index (κ3) is 6.22. The summed E-state index contributed by atoms with van der Waals surface area (Å²) in [5.41, 5.74) is 2.22. The number of carbonyl (C=O) groups is 1. The molecule has 12 heteroatoms. The van der Waals surface area contributed by atoms with Gasteiger partial charge in [0.25, 0.3) is 5.56 Å². The van der Waals surface area contributed by atoms with E-state index in [2.05, 4.69) is 15.9 Å². The van der Waals surface area contributed by atoms with Crippen molar-refractivity contribution in [3.8, 4) is 29.1 Å². The highest BCUT2D eigenvalue weighted by molar-refractivity contribution is 9.10. The summed E-state index contributed by atoms with van der Waals surface area (Å²) in [6, 6.07) is 19.1. The predicted molar refractivity (Wildman–Crippen MR) is 172 cm³/mol. The number of nitriles is 1. The molecule has 5 rings (SSSR count). The van der Waals surface area contributed by atoms with E-state index in [1.807, 2.05) is 36.4 Å². The maximum Gasteiger partial charge on any atom is 0.338 e. The summed E-state index contributed by atoms with van der Waals surface area (Å²) >= 11 is 4.67. The number of ether oxygens (including phenoxy) is 5. The van der Waals surface area contributed by atoms with Gasteiger partial charge in [0.1, 0.15) is 6.07 Å². The Bertz CT molecular complexity index is 2010. The topological polar surface area (TPSA) is 121 Å². The van der Waals surface area contributed by atoms with Gasteiger partial charge in [-0.25, -0.2) is 9.79 Å². The summed E-state index contributed by atoms with van der Waals surface area (Å²) in [7, 11) is 4.55. The fourth-order valence-electron chi connectivity index (χ4n) is 5.00. The SMILES string of the molecule is CCOC(=O)C1=C(c2ccccc2)N=c2s/c(=C\c3cc(Br)c(OCC#N)c(OC)c3)c(=O)n2[C@@H]1c1ccc(OC)c(OC)c1. The Hall–Kier alpha value is -4.86. The Morgan fingerprint density at radius 2 is 1.78 bits per heavy atom. The summed E-state index contributed by atoms with van der Waals surface area (Å²) < 4.78 is 30.0. The molecule has 0 unspecified atom stereocenters. The van der Waals surface area contributed by atoms with Crippen molar-refractivity contribution in [3.05, 3.63) is 107 Å². The molecule has 0 saturated heterocycles. The number of aromatic nitrogens is 1. The predicted octanol–water partition coefficient (Wildman–Crippen LogP) is 4.63. The summed E-state index contributed by atoms with van der Waals surface area (Å²) in [5.74, 6) is 1.11. The number of benzene rings is 3. The van der Waals surface area contributed by atoms with Gasteiger partial charge in [0.2, 0.25) is 0 Å². The average Bonchev–Trinajstić information content (AvgIpc) is 3.37. The van der Waals surface area contributed by atoms with E-state index in [-0.39, 0.29) is 24.3 Å². The highest BCUT2D eigenvalue weighted by Gasteiger charge is 2.35. The molecular formula is C33H28BrN3O7S. The van der Waals surface area contributed by atoms with Gasteiger partial charge in [-0.15, -0.1) is 0 Å². The van der Waals surface area contributed by atoms with E-state index >= 15 is 0 Å². The van der Waals surface area contributed by atoms with E-state index < -0.39 is 12.0 Å². The Labute approximate surface area is 271 Å². The molecule has 0 N–H and O–H groups in total. The summed E-state index contributed by atoms with van der Waals surface area (Å²) in [5, 5.41) is 8.95. The Balaban J connectivity index is 1.80. The number of nitrogens with zero attached hydrogens (tertiary/aromatic N) is 3. The first-order valence-corrected chi connectivity index (χ1v) is 15.3. The molecular weight excluding hydrogens is 662 g/mol. The quantitative estimate of drug-likeness (QED) is 0.221. The van der Waals surface area contributed by atoms with E-state index in [4.69, 9.17) is 33.9 Å². The van der Waals surface area contributed by atoms with Gasteiger partial charge < -0.3 is 23.7 Å². The molecule has 2 heterocycles. The third-order valence-electron chi connectivity index (χ3n) is 6.93. The Morgan fingerprint density at radius 3 is 2.44 bits per heavy atom. The number of esters is 1. The van der Waals surface area contributed by atoms with Gasteiger partial charge in [0.15, 0.2) is 34.4 Å². The lowest BCUT2D eigenvalue weighted by Crippen LogP contribution is -2.40. The maximum absolute atomic E-state index is 14.2. The first kappa shape index (κ1) is 31.6. The molecule has 1 aromatic heterocycles. The molecule has 45 heavy (non-hydrogen) atoms. The number of rotatable bonds is 10. The number of methoxy groups -OCH3 is 3.